The number of hydrogen-bond donors (Lipinski definition) is 2. The molecule has 1 unspecified atom stereocenters. The normalized spacial score (nSPS) is 12.0. The van der Waals surface area contributed by atoms with E-state index in [0.717, 1.165) is 18.4 Å². The maximum atomic E-state index is 12.0. The van der Waals surface area contributed by atoms with Crippen LogP contribution in [0.15, 0.2) is 6.33 Å². The minimum Gasteiger partial charge on any atom is -0.383 e. The molecule has 0 spiro atoms. The van der Waals surface area contributed by atoms with Crippen LogP contribution in [0.1, 0.15) is 32.8 Å². The first-order valence-electron chi connectivity index (χ1n) is 6.62. The van der Waals surface area contributed by atoms with Crippen LogP contribution in [0.2, 0.25) is 0 Å². The molecule has 0 bridgehead atoms. The SMILES string of the molecule is CCCc1c(N)ncnc1NC(C)C(=O)N(C)CC. The average Bonchev–Trinajstić information content (AvgIpc) is 2.40. The van der Waals surface area contributed by atoms with E-state index in [9.17, 15) is 4.79 Å². The fraction of sp³-hybridized carbons (Fsp3) is 0.615. The molecule has 1 aromatic heterocycles. The molecule has 19 heavy (non-hydrogen) atoms. The summed E-state index contributed by atoms with van der Waals surface area (Å²) in [6, 6.07) is -0.338. The number of carbonyl (C=O) groups excluding carboxylic acids is 1. The highest BCUT2D eigenvalue weighted by Crippen LogP contribution is 2.19. The lowest BCUT2D eigenvalue weighted by molar-refractivity contribution is -0.130. The van der Waals surface area contributed by atoms with Crippen LogP contribution in [-0.4, -0.2) is 40.4 Å². The zero-order valence-electron chi connectivity index (χ0n) is 12.1. The Bertz CT molecular complexity index is 435. The van der Waals surface area contributed by atoms with Crippen molar-refractivity contribution in [1.82, 2.24) is 14.9 Å². The monoisotopic (exact) mass is 265 g/mol. The Labute approximate surface area is 114 Å². The molecule has 0 aliphatic carbocycles. The second kappa shape index (κ2) is 6.92. The van der Waals surface area contributed by atoms with E-state index < -0.39 is 0 Å². The highest BCUT2D eigenvalue weighted by Gasteiger charge is 2.18. The van der Waals surface area contributed by atoms with Crippen molar-refractivity contribution in [2.24, 2.45) is 0 Å². The van der Waals surface area contributed by atoms with Gasteiger partial charge in [-0.25, -0.2) is 9.97 Å². The Hall–Kier alpha value is -1.85. The number of aromatic nitrogens is 2. The van der Waals surface area contributed by atoms with E-state index >= 15 is 0 Å². The van der Waals surface area contributed by atoms with Crippen LogP contribution in [0.3, 0.4) is 0 Å². The van der Waals surface area contributed by atoms with E-state index in [1.165, 1.54) is 6.33 Å². The number of nitrogen functional groups attached to an aromatic ring is 1. The number of carbonyl (C=O) groups is 1. The Morgan fingerprint density at radius 2 is 2.16 bits per heavy atom. The average molecular weight is 265 g/mol. The third-order valence-electron chi connectivity index (χ3n) is 3.05. The van der Waals surface area contributed by atoms with Gasteiger partial charge in [-0.3, -0.25) is 4.79 Å². The third kappa shape index (κ3) is 3.81. The second-order valence-corrected chi connectivity index (χ2v) is 4.55. The Morgan fingerprint density at radius 1 is 1.47 bits per heavy atom. The van der Waals surface area contributed by atoms with Crippen LogP contribution in [-0.2, 0) is 11.2 Å². The van der Waals surface area contributed by atoms with Crippen LogP contribution in [0.25, 0.3) is 0 Å². The van der Waals surface area contributed by atoms with Crippen molar-refractivity contribution in [2.75, 3.05) is 24.6 Å². The summed E-state index contributed by atoms with van der Waals surface area (Å²) < 4.78 is 0. The Morgan fingerprint density at radius 3 is 2.74 bits per heavy atom. The molecular formula is C13H23N5O. The van der Waals surface area contributed by atoms with Crippen molar-refractivity contribution in [3.05, 3.63) is 11.9 Å². The number of nitrogens with two attached hydrogens (primary N) is 1. The molecule has 0 fully saturated rings. The van der Waals surface area contributed by atoms with Gasteiger partial charge in [-0.05, 0) is 20.3 Å². The lowest BCUT2D eigenvalue weighted by atomic mass is 10.1. The van der Waals surface area contributed by atoms with Crippen LogP contribution >= 0.6 is 0 Å². The van der Waals surface area contributed by atoms with Crippen LogP contribution in [0.5, 0.6) is 0 Å². The van der Waals surface area contributed by atoms with Crippen LogP contribution in [0, 0.1) is 0 Å². The van der Waals surface area contributed by atoms with Crippen molar-refractivity contribution >= 4 is 17.5 Å². The number of nitrogens with zero attached hydrogens (tertiary/aromatic N) is 3. The number of amides is 1. The van der Waals surface area contributed by atoms with Gasteiger partial charge in [-0.1, -0.05) is 13.3 Å². The number of rotatable bonds is 6. The predicted octanol–water partition coefficient (Wildman–Crippen LogP) is 1.29. The lowest BCUT2D eigenvalue weighted by Crippen LogP contribution is -2.39. The lowest BCUT2D eigenvalue weighted by Gasteiger charge is -2.22. The number of likely N-dealkylation sites (N-methyl/N-ethyl adjacent to an activating group) is 1. The van der Waals surface area contributed by atoms with Crippen molar-refractivity contribution in [3.63, 3.8) is 0 Å². The minimum absolute atomic E-state index is 0.0298. The predicted molar refractivity (Wildman–Crippen MR) is 76.8 cm³/mol. The van der Waals surface area contributed by atoms with Gasteiger partial charge < -0.3 is 16.0 Å². The van der Waals surface area contributed by atoms with Crippen LogP contribution in [0.4, 0.5) is 11.6 Å². The molecule has 1 rings (SSSR count). The molecule has 0 saturated heterocycles. The molecule has 1 aromatic rings. The molecule has 6 nitrogen and oxygen atoms in total. The van der Waals surface area contributed by atoms with Gasteiger partial charge >= 0.3 is 0 Å². The second-order valence-electron chi connectivity index (χ2n) is 4.55. The number of hydrogen-bond acceptors (Lipinski definition) is 5. The van der Waals surface area contributed by atoms with Gasteiger partial charge in [-0.2, -0.15) is 0 Å². The van der Waals surface area contributed by atoms with Gasteiger partial charge in [0.05, 0.1) is 0 Å². The Kier molecular flexibility index (Phi) is 5.54. The summed E-state index contributed by atoms with van der Waals surface area (Å²) in [5.41, 5.74) is 6.74. The number of nitrogens with one attached hydrogen (secondary N) is 1. The maximum absolute atomic E-state index is 12.0. The summed E-state index contributed by atoms with van der Waals surface area (Å²) in [5, 5.41) is 3.13. The fourth-order valence-corrected chi connectivity index (χ4v) is 1.80. The van der Waals surface area contributed by atoms with Gasteiger partial charge in [-0.15, -0.1) is 0 Å². The zero-order valence-corrected chi connectivity index (χ0v) is 12.1. The maximum Gasteiger partial charge on any atom is 0.244 e. The van der Waals surface area contributed by atoms with E-state index in [2.05, 4.69) is 22.2 Å². The summed E-state index contributed by atoms with van der Waals surface area (Å²) in [4.78, 5) is 21.9. The largest absolute Gasteiger partial charge is 0.383 e. The van der Waals surface area contributed by atoms with Gasteiger partial charge in [0.15, 0.2) is 0 Å². The van der Waals surface area contributed by atoms with Crippen molar-refractivity contribution in [3.8, 4) is 0 Å². The molecule has 0 aliphatic rings. The summed E-state index contributed by atoms with van der Waals surface area (Å²) in [7, 11) is 1.78. The summed E-state index contributed by atoms with van der Waals surface area (Å²) in [6.45, 7) is 6.51. The molecule has 0 aliphatic heterocycles. The van der Waals surface area contributed by atoms with E-state index in [1.54, 1.807) is 11.9 Å². The van der Waals surface area contributed by atoms with Gasteiger partial charge in [0.2, 0.25) is 5.91 Å². The molecule has 106 valence electrons. The smallest absolute Gasteiger partial charge is 0.244 e. The summed E-state index contributed by atoms with van der Waals surface area (Å²) >= 11 is 0. The highest BCUT2D eigenvalue weighted by atomic mass is 16.2. The third-order valence-corrected chi connectivity index (χ3v) is 3.05. The molecule has 1 atom stereocenters. The molecule has 1 amide bonds. The number of anilines is 2. The van der Waals surface area contributed by atoms with E-state index in [-0.39, 0.29) is 11.9 Å². The molecule has 0 saturated carbocycles. The first-order valence-corrected chi connectivity index (χ1v) is 6.62. The topological polar surface area (TPSA) is 84.1 Å². The van der Waals surface area contributed by atoms with Crippen molar-refractivity contribution in [2.45, 2.75) is 39.7 Å². The first-order chi connectivity index (χ1) is 9.01. The van der Waals surface area contributed by atoms with Gasteiger partial charge in [0, 0.05) is 19.2 Å². The summed E-state index contributed by atoms with van der Waals surface area (Å²) in [6.07, 6.45) is 3.15. The Balaban J connectivity index is 2.87. The van der Waals surface area contributed by atoms with E-state index in [4.69, 9.17) is 5.73 Å². The first kappa shape index (κ1) is 15.2. The molecule has 3 N–H and O–H groups in total. The van der Waals surface area contributed by atoms with E-state index in [0.29, 0.717) is 18.2 Å². The highest BCUT2D eigenvalue weighted by molar-refractivity contribution is 5.84. The zero-order chi connectivity index (χ0) is 14.4. The minimum atomic E-state index is -0.338. The van der Waals surface area contributed by atoms with Crippen molar-refractivity contribution in [1.29, 1.82) is 0 Å². The van der Waals surface area contributed by atoms with Gasteiger partial charge in [0.1, 0.15) is 24.0 Å². The molecule has 0 aromatic carbocycles. The van der Waals surface area contributed by atoms with Gasteiger partial charge in [0.25, 0.3) is 0 Å². The molecular weight excluding hydrogens is 242 g/mol. The molecule has 1 heterocycles. The standard InChI is InChI=1S/C13H23N5O/c1-5-7-10-11(14)15-8-16-12(10)17-9(3)13(19)18(4)6-2/h8-9H,5-7H2,1-4H3,(H3,14,15,16,17). The quantitative estimate of drug-likeness (QED) is 0.809. The van der Waals surface area contributed by atoms with E-state index in [1.807, 2.05) is 13.8 Å². The fourth-order valence-electron chi connectivity index (χ4n) is 1.80. The molecule has 0 radical (unpaired) electrons. The molecule has 6 heteroatoms. The van der Waals surface area contributed by atoms with Crippen molar-refractivity contribution < 1.29 is 4.79 Å². The van der Waals surface area contributed by atoms with Crippen LogP contribution < -0.4 is 11.1 Å². The summed E-state index contributed by atoms with van der Waals surface area (Å²) in [5.74, 6) is 1.16.